The third-order valence-corrected chi connectivity index (χ3v) is 3.78. The second-order valence-electron chi connectivity index (χ2n) is 5.84. The highest BCUT2D eigenvalue weighted by molar-refractivity contribution is 5.98. The number of nitrogens with one attached hydrogen (secondary N) is 1. The Morgan fingerprint density at radius 1 is 1.45 bits per heavy atom. The molecule has 2 aromatic heterocycles. The van der Waals surface area contributed by atoms with Gasteiger partial charge in [-0.1, -0.05) is 6.07 Å². The number of aromatic nitrogens is 3. The van der Waals surface area contributed by atoms with E-state index < -0.39 is 0 Å². The quantitative estimate of drug-likeness (QED) is 0.852. The molecule has 0 fully saturated rings. The van der Waals surface area contributed by atoms with Gasteiger partial charge >= 0.3 is 0 Å². The molecule has 1 N–H and O–H groups in total. The maximum absolute atomic E-state index is 11.7. The van der Waals surface area contributed by atoms with Crippen LogP contribution in [-0.4, -0.2) is 20.5 Å². The van der Waals surface area contributed by atoms with Crippen LogP contribution < -0.4 is 5.32 Å². The van der Waals surface area contributed by atoms with Crippen LogP contribution in [0.15, 0.2) is 30.6 Å². The van der Waals surface area contributed by atoms with E-state index >= 15 is 0 Å². The fourth-order valence-corrected chi connectivity index (χ4v) is 2.77. The van der Waals surface area contributed by atoms with Crippen LogP contribution in [0.2, 0.25) is 0 Å². The van der Waals surface area contributed by atoms with Crippen molar-refractivity contribution in [1.82, 2.24) is 14.8 Å². The molecule has 5 nitrogen and oxygen atoms in total. The molecule has 3 rings (SSSR count). The first-order chi connectivity index (χ1) is 9.49. The predicted octanol–water partition coefficient (Wildman–Crippen LogP) is 2.77. The Kier molecular flexibility index (Phi) is 2.85. The van der Waals surface area contributed by atoms with Crippen LogP contribution in [0.5, 0.6) is 0 Å². The zero-order valence-electron chi connectivity index (χ0n) is 11.9. The summed E-state index contributed by atoms with van der Waals surface area (Å²) in [4.78, 5) is 16.1. The van der Waals surface area contributed by atoms with Gasteiger partial charge in [0.05, 0.1) is 29.0 Å². The highest BCUT2D eigenvalue weighted by Gasteiger charge is 2.36. The molecular weight excluding hydrogens is 252 g/mol. The van der Waals surface area contributed by atoms with Crippen LogP contribution in [0.3, 0.4) is 0 Å². The zero-order valence-corrected chi connectivity index (χ0v) is 11.9. The number of carbonyl (C=O) groups is 1. The highest BCUT2D eigenvalue weighted by atomic mass is 16.1. The average molecular weight is 270 g/mol. The number of nitrogens with zero attached hydrogens (tertiary/aromatic N) is 3. The number of hydrogen-bond donors (Lipinski definition) is 1. The van der Waals surface area contributed by atoms with Crippen molar-refractivity contribution in [2.24, 2.45) is 0 Å². The van der Waals surface area contributed by atoms with Crippen LogP contribution in [0.4, 0.5) is 5.82 Å². The number of fused-ring (bicyclic) bond motifs is 1. The lowest BCUT2D eigenvalue weighted by atomic mass is 9.91. The first-order valence-corrected chi connectivity index (χ1v) is 6.76. The number of pyridine rings is 1. The predicted molar refractivity (Wildman–Crippen MR) is 76.8 cm³/mol. The van der Waals surface area contributed by atoms with Gasteiger partial charge in [-0.25, -0.2) is 4.68 Å². The Bertz CT molecular complexity index is 645. The van der Waals surface area contributed by atoms with Crippen LogP contribution in [0.1, 0.15) is 49.3 Å². The highest BCUT2D eigenvalue weighted by Crippen LogP contribution is 2.39. The molecule has 1 aliphatic heterocycles. The van der Waals surface area contributed by atoms with Gasteiger partial charge < -0.3 is 5.32 Å². The van der Waals surface area contributed by atoms with Gasteiger partial charge in [0, 0.05) is 6.20 Å². The number of anilines is 1. The SMILES string of the molecule is CC(=O)c1cnn2c1NC(c1ccccn1)CC2(C)C. The summed E-state index contributed by atoms with van der Waals surface area (Å²) in [5.74, 6) is 0.820. The Morgan fingerprint density at radius 3 is 2.90 bits per heavy atom. The van der Waals surface area contributed by atoms with E-state index in [4.69, 9.17) is 0 Å². The number of rotatable bonds is 2. The molecule has 0 bridgehead atoms. The maximum atomic E-state index is 11.7. The minimum absolute atomic E-state index is 0.0243. The van der Waals surface area contributed by atoms with Crippen LogP contribution >= 0.6 is 0 Å². The molecule has 3 heterocycles. The molecule has 20 heavy (non-hydrogen) atoms. The van der Waals surface area contributed by atoms with Gasteiger partial charge in [0.2, 0.25) is 0 Å². The van der Waals surface area contributed by atoms with Gasteiger partial charge in [-0.3, -0.25) is 9.78 Å². The van der Waals surface area contributed by atoms with Crippen molar-refractivity contribution in [2.75, 3.05) is 5.32 Å². The van der Waals surface area contributed by atoms with Crippen molar-refractivity contribution in [1.29, 1.82) is 0 Å². The summed E-state index contributed by atoms with van der Waals surface area (Å²) in [6, 6.07) is 5.98. The van der Waals surface area contributed by atoms with E-state index in [1.54, 1.807) is 19.3 Å². The molecular formula is C15H18N4O. The molecule has 5 heteroatoms. The molecule has 0 saturated heterocycles. The van der Waals surface area contributed by atoms with E-state index in [0.29, 0.717) is 5.56 Å². The molecule has 0 aliphatic carbocycles. The molecule has 104 valence electrons. The Labute approximate surface area is 118 Å². The van der Waals surface area contributed by atoms with E-state index in [-0.39, 0.29) is 17.4 Å². The van der Waals surface area contributed by atoms with Gasteiger partial charge in [0.15, 0.2) is 5.78 Å². The second kappa shape index (κ2) is 4.44. The van der Waals surface area contributed by atoms with Crippen molar-refractivity contribution < 1.29 is 4.79 Å². The third-order valence-electron chi connectivity index (χ3n) is 3.78. The fraction of sp³-hybridized carbons (Fsp3) is 0.400. The summed E-state index contributed by atoms with van der Waals surface area (Å²) in [6.45, 7) is 5.82. The van der Waals surface area contributed by atoms with Crippen LogP contribution in [0, 0.1) is 0 Å². The number of Topliss-reactive ketones (excluding diaryl/α,β-unsaturated/α-hetero) is 1. The van der Waals surface area contributed by atoms with Crippen molar-refractivity contribution in [3.8, 4) is 0 Å². The van der Waals surface area contributed by atoms with Crippen molar-refractivity contribution in [3.63, 3.8) is 0 Å². The lowest BCUT2D eigenvalue weighted by Gasteiger charge is -2.37. The number of carbonyl (C=O) groups excluding carboxylic acids is 1. The molecule has 1 atom stereocenters. The lowest BCUT2D eigenvalue weighted by molar-refractivity contribution is 0.101. The fourth-order valence-electron chi connectivity index (χ4n) is 2.77. The first-order valence-electron chi connectivity index (χ1n) is 6.76. The summed E-state index contributed by atoms with van der Waals surface area (Å²) in [5, 5.41) is 7.79. The minimum Gasteiger partial charge on any atom is -0.361 e. The monoisotopic (exact) mass is 270 g/mol. The Morgan fingerprint density at radius 2 is 2.25 bits per heavy atom. The summed E-state index contributed by atoms with van der Waals surface area (Å²) in [6.07, 6.45) is 4.31. The van der Waals surface area contributed by atoms with Gasteiger partial charge in [-0.2, -0.15) is 5.10 Å². The molecule has 1 aliphatic rings. The summed E-state index contributed by atoms with van der Waals surface area (Å²) in [5.41, 5.74) is 1.47. The first kappa shape index (κ1) is 12.8. The van der Waals surface area contributed by atoms with Crippen molar-refractivity contribution in [3.05, 3.63) is 41.9 Å². The van der Waals surface area contributed by atoms with Crippen LogP contribution in [0.25, 0.3) is 0 Å². The molecule has 0 spiro atoms. The van der Waals surface area contributed by atoms with E-state index in [1.807, 2.05) is 22.9 Å². The molecule has 0 aromatic carbocycles. The van der Waals surface area contributed by atoms with Gasteiger partial charge in [0.1, 0.15) is 5.82 Å². The lowest BCUT2D eigenvalue weighted by Crippen LogP contribution is -2.38. The molecule has 0 saturated carbocycles. The van der Waals surface area contributed by atoms with E-state index in [0.717, 1.165) is 17.9 Å². The number of hydrogen-bond acceptors (Lipinski definition) is 4. The van der Waals surface area contributed by atoms with E-state index in [2.05, 4.69) is 29.2 Å². The van der Waals surface area contributed by atoms with Gasteiger partial charge in [-0.05, 0) is 39.3 Å². The van der Waals surface area contributed by atoms with Gasteiger partial charge in [0.25, 0.3) is 0 Å². The normalized spacial score (nSPS) is 20.1. The van der Waals surface area contributed by atoms with Crippen LogP contribution in [-0.2, 0) is 5.54 Å². The Hall–Kier alpha value is -2.17. The Balaban J connectivity index is 2.05. The second-order valence-corrected chi connectivity index (χ2v) is 5.84. The molecule has 1 unspecified atom stereocenters. The smallest absolute Gasteiger partial charge is 0.165 e. The molecule has 0 radical (unpaired) electrons. The molecule has 0 amide bonds. The zero-order chi connectivity index (χ0) is 14.3. The topological polar surface area (TPSA) is 59.8 Å². The van der Waals surface area contributed by atoms with Crippen molar-refractivity contribution >= 4 is 11.6 Å². The third kappa shape index (κ3) is 1.99. The minimum atomic E-state index is -0.156. The average Bonchev–Trinajstić information content (AvgIpc) is 2.84. The van der Waals surface area contributed by atoms with E-state index in [9.17, 15) is 4.79 Å². The molecule has 2 aromatic rings. The summed E-state index contributed by atoms with van der Waals surface area (Å²) in [7, 11) is 0. The van der Waals surface area contributed by atoms with Gasteiger partial charge in [-0.15, -0.1) is 0 Å². The summed E-state index contributed by atoms with van der Waals surface area (Å²) < 4.78 is 1.91. The number of ketones is 1. The standard InChI is InChI=1S/C15H18N4O/c1-10(20)11-9-17-19-14(11)18-13(8-15(19,2)3)12-6-4-5-7-16-12/h4-7,9,13,18H,8H2,1-3H3. The van der Waals surface area contributed by atoms with E-state index in [1.165, 1.54) is 0 Å². The maximum Gasteiger partial charge on any atom is 0.165 e. The largest absolute Gasteiger partial charge is 0.361 e. The van der Waals surface area contributed by atoms with Crippen molar-refractivity contribution in [2.45, 2.75) is 38.8 Å². The summed E-state index contributed by atoms with van der Waals surface area (Å²) >= 11 is 0.